The van der Waals surface area contributed by atoms with Crippen LogP contribution in [-0.2, 0) is 17.8 Å². The number of hydrogen-bond acceptors (Lipinski definition) is 5. The number of carbonyl (C=O) groups excluding carboxylic acids is 2. The van der Waals surface area contributed by atoms with E-state index in [0.29, 0.717) is 23.8 Å². The molecule has 1 aromatic heterocycles. The molecule has 6 rings (SSSR count). The smallest absolute Gasteiger partial charge is 0.289 e. The van der Waals surface area contributed by atoms with Gasteiger partial charge in [-0.25, -0.2) is 4.39 Å². The van der Waals surface area contributed by atoms with Gasteiger partial charge in [-0.05, 0) is 72.4 Å². The number of amides is 2. The van der Waals surface area contributed by atoms with Crippen LogP contribution in [0.3, 0.4) is 0 Å². The van der Waals surface area contributed by atoms with Gasteiger partial charge in [0.1, 0.15) is 23.9 Å². The number of benzene rings is 2. The summed E-state index contributed by atoms with van der Waals surface area (Å²) in [6, 6.07) is 15.5. The van der Waals surface area contributed by atoms with Crippen LogP contribution in [0.1, 0.15) is 51.9 Å². The van der Waals surface area contributed by atoms with Crippen molar-refractivity contribution in [3.8, 4) is 5.75 Å². The maximum Gasteiger partial charge on any atom is 0.289 e. The van der Waals surface area contributed by atoms with Gasteiger partial charge in [0.05, 0.1) is 6.04 Å². The van der Waals surface area contributed by atoms with E-state index in [9.17, 15) is 14.0 Å². The van der Waals surface area contributed by atoms with Crippen molar-refractivity contribution < 1.29 is 23.1 Å². The van der Waals surface area contributed by atoms with Crippen molar-refractivity contribution >= 4 is 23.6 Å². The Labute approximate surface area is 219 Å². The van der Waals surface area contributed by atoms with Gasteiger partial charge in [0.25, 0.3) is 5.91 Å². The number of furan rings is 1. The second-order valence-corrected chi connectivity index (χ2v) is 11.1. The van der Waals surface area contributed by atoms with E-state index in [4.69, 9.17) is 9.15 Å². The van der Waals surface area contributed by atoms with Crippen LogP contribution < -0.4 is 4.74 Å². The second-order valence-electron chi connectivity index (χ2n) is 9.83. The standard InChI is InChI=1S/C29H29FN2O4S/c30-22-3-1-2-21(16-22)27-25-17-23(7-6-19(25)10-11-32(27)28(33)20-4-5-20)35-18-24-8-9-26(36-24)29(34)31-12-14-37-15-13-31/h1-3,6-9,16-17,20,27H,4-5,10-15,18H2. The van der Waals surface area contributed by atoms with Gasteiger partial charge in [-0.1, -0.05) is 18.2 Å². The summed E-state index contributed by atoms with van der Waals surface area (Å²) < 4.78 is 26.1. The highest BCUT2D eigenvalue weighted by atomic mass is 32.2. The van der Waals surface area contributed by atoms with Crippen LogP contribution in [0.25, 0.3) is 0 Å². The van der Waals surface area contributed by atoms with Crippen molar-refractivity contribution in [3.63, 3.8) is 0 Å². The van der Waals surface area contributed by atoms with Crippen molar-refractivity contribution in [2.45, 2.75) is 31.9 Å². The van der Waals surface area contributed by atoms with E-state index in [1.165, 1.54) is 12.1 Å². The van der Waals surface area contributed by atoms with Gasteiger partial charge in [0.15, 0.2) is 5.76 Å². The third kappa shape index (κ3) is 5.12. The molecule has 37 heavy (non-hydrogen) atoms. The zero-order chi connectivity index (χ0) is 25.4. The predicted octanol–water partition coefficient (Wildman–Crippen LogP) is 5.07. The van der Waals surface area contributed by atoms with Crippen molar-refractivity contribution in [1.29, 1.82) is 0 Å². The van der Waals surface area contributed by atoms with Crippen LogP contribution in [0.5, 0.6) is 5.75 Å². The van der Waals surface area contributed by atoms with Crippen LogP contribution in [-0.4, -0.2) is 52.8 Å². The number of hydrogen-bond donors (Lipinski definition) is 0. The molecule has 0 N–H and O–H groups in total. The van der Waals surface area contributed by atoms with Crippen molar-refractivity contribution in [2.75, 3.05) is 31.1 Å². The van der Waals surface area contributed by atoms with Crippen LogP contribution in [0.15, 0.2) is 59.0 Å². The molecule has 192 valence electrons. The fraction of sp³-hybridized carbons (Fsp3) is 0.379. The van der Waals surface area contributed by atoms with E-state index in [-0.39, 0.29) is 36.2 Å². The third-order valence-corrected chi connectivity index (χ3v) is 8.21. The maximum atomic E-state index is 14.2. The number of carbonyl (C=O) groups is 2. The monoisotopic (exact) mass is 520 g/mol. The minimum Gasteiger partial charge on any atom is -0.486 e. The minimum absolute atomic E-state index is 0.0802. The summed E-state index contributed by atoms with van der Waals surface area (Å²) in [6.07, 6.45) is 2.59. The number of thioether (sulfide) groups is 1. The van der Waals surface area contributed by atoms with Crippen molar-refractivity contribution in [1.82, 2.24) is 9.80 Å². The molecule has 0 bridgehead atoms. The number of fused-ring (bicyclic) bond motifs is 1. The molecule has 0 spiro atoms. The highest BCUT2D eigenvalue weighted by molar-refractivity contribution is 7.99. The topological polar surface area (TPSA) is 63.0 Å². The summed E-state index contributed by atoms with van der Waals surface area (Å²) in [5, 5.41) is 0. The molecule has 3 aromatic rings. The van der Waals surface area contributed by atoms with Crippen molar-refractivity contribution in [2.24, 2.45) is 5.92 Å². The Morgan fingerprint density at radius 2 is 1.86 bits per heavy atom. The van der Waals surface area contributed by atoms with Gasteiger partial charge in [0, 0.05) is 37.1 Å². The zero-order valence-corrected chi connectivity index (χ0v) is 21.3. The molecule has 3 heterocycles. The van der Waals surface area contributed by atoms with Gasteiger partial charge in [0.2, 0.25) is 5.91 Å². The van der Waals surface area contributed by atoms with E-state index in [2.05, 4.69) is 0 Å². The first-order valence-corrected chi connectivity index (χ1v) is 14.0. The summed E-state index contributed by atoms with van der Waals surface area (Å²) >= 11 is 1.85. The lowest BCUT2D eigenvalue weighted by Gasteiger charge is -2.38. The van der Waals surface area contributed by atoms with Gasteiger partial charge in [-0.15, -0.1) is 0 Å². The molecule has 6 nitrogen and oxygen atoms in total. The Hall–Kier alpha value is -3.26. The van der Waals surface area contributed by atoms with E-state index >= 15 is 0 Å². The summed E-state index contributed by atoms with van der Waals surface area (Å²) in [4.78, 5) is 29.6. The molecule has 2 aromatic carbocycles. The van der Waals surface area contributed by atoms with Gasteiger partial charge < -0.3 is 19.0 Å². The lowest BCUT2D eigenvalue weighted by atomic mass is 9.87. The molecular weight excluding hydrogens is 491 g/mol. The van der Waals surface area contributed by atoms with Gasteiger partial charge in [-0.3, -0.25) is 9.59 Å². The highest BCUT2D eigenvalue weighted by Crippen LogP contribution is 2.41. The highest BCUT2D eigenvalue weighted by Gasteiger charge is 2.39. The zero-order valence-electron chi connectivity index (χ0n) is 20.5. The molecule has 1 unspecified atom stereocenters. The average molecular weight is 521 g/mol. The van der Waals surface area contributed by atoms with Gasteiger partial charge >= 0.3 is 0 Å². The molecule has 2 fully saturated rings. The Kier molecular flexibility index (Phi) is 6.67. The fourth-order valence-corrected chi connectivity index (χ4v) is 6.07. The number of nitrogens with zero attached hydrogens (tertiary/aromatic N) is 2. The largest absolute Gasteiger partial charge is 0.486 e. The summed E-state index contributed by atoms with van der Waals surface area (Å²) in [5.41, 5.74) is 2.85. The Balaban J connectivity index is 1.22. The molecule has 3 aliphatic rings. The Bertz CT molecular complexity index is 1310. The molecule has 1 aliphatic carbocycles. The Morgan fingerprint density at radius 3 is 2.65 bits per heavy atom. The third-order valence-electron chi connectivity index (χ3n) is 7.27. The maximum absolute atomic E-state index is 14.2. The first kappa shape index (κ1) is 24.1. The summed E-state index contributed by atoms with van der Waals surface area (Å²) in [7, 11) is 0. The van der Waals surface area contributed by atoms with Crippen LogP contribution in [0.2, 0.25) is 0 Å². The van der Waals surface area contributed by atoms with E-state index < -0.39 is 0 Å². The summed E-state index contributed by atoms with van der Waals surface area (Å²) in [6.45, 7) is 2.26. The van der Waals surface area contributed by atoms with E-state index in [1.807, 2.05) is 45.8 Å². The molecule has 2 amide bonds. The van der Waals surface area contributed by atoms with Gasteiger partial charge in [-0.2, -0.15) is 11.8 Å². The minimum atomic E-state index is -0.355. The molecule has 1 saturated heterocycles. The quantitative estimate of drug-likeness (QED) is 0.454. The number of rotatable bonds is 6. The molecule has 8 heteroatoms. The SMILES string of the molecule is O=C(c1ccc(COc2ccc3c(c2)C(c2cccc(F)c2)N(C(=O)C2CC2)CC3)o1)N1CCSCC1. The van der Waals surface area contributed by atoms with Crippen molar-refractivity contribution in [3.05, 3.63) is 88.6 Å². The van der Waals surface area contributed by atoms with Crippen LogP contribution in [0.4, 0.5) is 4.39 Å². The summed E-state index contributed by atoms with van der Waals surface area (Å²) in [5.74, 6) is 3.25. The molecular formula is C29H29FN2O4S. The molecule has 0 radical (unpaired) electrons. The normalized spacial score (nSPS) is 19.4. The fourth-order valence-electron chi connectivity index (χ4n) is 5.17. The second kappa shape index (κ2) is 10.2. The number of ether oxygens (including phenoxy) is 1. The Morgan fingerprint density at radius 1 is 1.03 bits per heavy atom. The molecule has 2 aliphatic heterocycles. The lowest BCUT2D eigenvalue weighted by Crippen LogP contribution is -2.41. The van der Waals surface area contributed by atoms with E-state index in [0.717, 1.165) is 60.5 Å². The van der Waals surface area contributed by atoms with E-state index in [1.54, 1.807) is 18.2 Å². The molecule has 1 atom stereocenters. The van der Waals surface area contributed by atoms with Crippen LogP contribution in [0, 0.1) is 11.7 Å². The first-order chi connectivity index (χ1) is 18.1. The lowest BCUT2D eigenvalue weighted by molar-refractivity contribution is -0.134. The molecule has 1 saturated carbocycles. The first-order valence-electron chi connectivity index (χ1n) is 12.8. The van der Waals surface area contributed by atoms with Crippen LogP contribution >= 0.6 is 11.8 Å². The predicted molar refractivity (Wildman–Crippen MR) is 139 cm³/mol. The number of halogens is 1. The average Bonchev–Trinajstić information content (AvgIpc) is 3.68.